The molecule has 1 saturated carbocycles. The molecule has 4 aromatic carbocycles. The first-order valence-electron chi connectivity index (χ1n) is 13.6. The zero-order valence-corrected chi connectivity index (χ0v) is 21.8. The van der Waals surface area contributed by atoms with Gasteiger partial charge in [-0.3, -0.25) is 4.79 Å². The molecule has 190 valence electrons. The molecule has 0 saturated heterocycles. The van der Waals surface area contributed by atoms with E-state index in [4.69, 9.17) is 0 Å². The molecule has 3 heteroatoms. The van der Waals surface area contributed by atoms with Gasteiger partial charge in [-0.2, -0.15) is 0 Å². The number of ketones is 1. The van der Waals surface area contributed by atoms with E-state index in [1.807, 2.05) is 34.9 Å². The highest BCUT2D eigenvalue weighted by Crippen LogP contribution is 2.46. The van der Waals surface area contributed by atoms with Crippen molar-refractivity contribution in [3.05, 3.63) is 132 Å². The maximum atomic E-state index is 14.8. The average Bonchev–Trinajstić information content (AvgIpc) is 3.38. The number of aromatic nitrogens is 1. The van der Waals surface area contributed by atoms with Crippen molar-refractivity contribution in [1.29, 1.82) is 0 Å². The third-order valence-corrected chi connectivity index (χ3v) is 8.28. The lowest BCUT2D eigenvalue weighted by Crippen LogP contribution is -2.41. The topological polar surface area (TPSA) is 42.2 Å². The molecule has 3 nitrogen and oxygen atoms in total. The van der Waals surface area contributed by atoms with E-state index in [1.54, 1.807) is 12.1 Å². The van der Waals surface area contributed by atoms with E-state index in [2.05, 4.69) is 73.9 Å². The van der Waals surface area contributed by atoms with E-state index >= 15 is 0 Å². The predicted octanol–water partition coefficient (Wildman–Crippen LogP) is 8.26. The highest BCUT2D eigenvalue weighted by molar-refractivity contribution is 6.13. The fraction of sp³-hybridized carbons (Fsp3) is 0.229. The lowest BCUT2D eigenvalue weighted by atomic mass is 9.61. The quantitative estimate of drug-likeness (QED) is 0.239. The largest absolute Gasteiger partial charge is 0.508 e. The zero-order valence-electron chi connectivity index (χ0n) is 21.8. The van der Waals surface area contributed by atoms with Gasteiger partial charge in [0.2, 0.25) is 0 Å². The maximum Gasteiger partial charge on any atom is 0.174 e. The van der Waals surface area contributed by atoms with Crippen LogP contribution in [-0.2, 0) is 11.8 Å². The molecule has 6 rings (SSSR count). The lowest BCUT2D eigenvalue weighted by molar-refractivity contribution is 0.0810. The van der Waals surface area contributed by atoms with Gasteiger partial charge in [-0.1, -0.05) is 92.6 Å². The average molecular weight is 500 g/mol. The minimum absolute atomic E-state index is 0.235. The first kappa shape index (κ1) is 24.2. The molecule has 38 heavy (non-hydrogen) atoms. The number of carbonyl (C=O) groups excluding carboxylic acids is 1. The molecular weight excluding hydrogens is 466 g/mol. The Balaban J connectivity index is 1.47. The van der Waals surface area contributed by atoms with Gasteiger partial charge in [0.25, 0.3) is 0 Å². The van der Waals surface area contributed by atoms with Crippen LogP contribution in [0.15, 0.2) is 109 Å². The van der Waals surface area contributed by atoms with Crippen LogP contribution in [0, 0.1) is 5.92 Å². The number of phenols is 1. The maximum absolute atomic E-state index is 14.8. The minimum atomic E-state index is -0.544. The number of aromatic hydroxyl groups is 1. The highest BCUT2D eigenvalue weighted by atomic mass is 16.3. The van der Waals surface area contributed by atoms with Gasteiger partial charge in [0.05, 0.1) is 5.41 Å². The number of nitrogens with zero attached hydrogens (tertiary/aromatic N) is 1. The van der Waals surface area contributed by atoms with Gasteiger partial charge < -0.3 is 9.67 Å². The Bertz CT molecular complexity index is 1580. The van der Waals surface area contributed by atoms with Crippen molar-refractivity contribution in [3.63, 3.8) is 0 Å². The summed E-state index contributed by atoms with van der Waals surface area (Å²) in [6.45, 7) is 2.29. The first-order valence-corrected chi connectivity index (χ1v) is 13.6. The lowest BCUT2D eigenvalue weighted by Gasteiger charge is -2.40. The van der Waals surface area contributed by atoms with Gasteiger partial charge in [0, 0.05) is 34.4 Å². The monoisotopic (exact) mass is 499 g/mol. The van der Waals surface area contributed by atoms with E-state index in [0.29, 0.717) is 5.92 Å². The van der Waals surface area contributed by atoms with Crippen LogP contribution in [0.25, 0.3) is 16.5 Å². The van der Waals surface area contributed by atoms with Crippen LogP contribution in [0.5, 0.6) is 5.75 Å². The Hall–Kier alpha value is -4.11. The molecule has 5 aromatic rings. The number of carbonyl (C=O) groups is 1. The van der Waals surface area contributed by atoms with Gasteiger partial charge in [-0.25, -0.2) is 0 Å². The number of phenolic OH excluding ortho intramolecular Hbond substituents is 1. The van der Waals surface area contributed by atoms with Crippen molar-refractivity contribution in [2.24, 2.45) is 5.92 Å². The molecule has 0 aliphatic heterocycles. The van der Waals surface area contributed by atoms with Crippen LogP contribution in [0.1, 0.15) is 59.7 Å². The molecule has 1 aliphatic carbocycles. The molecule has 1 N–H and O–H groups in total. The second-order valence-corrected chi connectivity index (χ2v) is 10.9. The standard InChI is InChI=1S/C35H33NO2/c1-25-9-8-20-35(22-25,33-15-6-5-12-27(33)21-26-10-3-2-4-11-26)34(38)31-14-7-13-28-23-36(24-32(28)31)29-16-18-30(37)19-17-29/h2-7,10-19,23-25,37H,8-9,20-22H2,1H3. The summed E-state index contributed by atoms with van der Waals surface area (Å²) in [5, 5.41) is 11.7. The summed E-state index contributed by atoms with van der Waals surface area (Å²) >= 11 is 0. The molecule has 0 bridgehead atoms. The fourth-order valence-electron chi connectivity index (χ4n) is 6.48. The van der Waals surface area contributed by atoms with Gasteiger partial charge in [0.1, 0.15) is 5.75 Å². The molecule has 2 unspecified atom stereocenters. The summed E-state index contributed by atoms with van der Waals surface area (Å²) in [6.07, 6.45) is 8.91. The van der Waals surface area contributed by atoms with E-state index in [0.717, 1.165) is 54.1 Å². The van der Waals surface area contributed by atoms with E-state index < -0.39 is 5.41 Å². The van der Waals surface area contributed by atoms with Crippen LogP contribution >= 0.6 is 0 Å². The number of Topliss-reactive ketones (excluding diaryl/α,β-unsaturated/α-hetero) is 1. The minimum Gasteiger partial charge on any atom is -0.508 e. The fourth-order valence-corrected chi connectivity index (χ4v) is 6.48. The number of hydrogen-bond donors (Lipinski definition) is 1. The Morgan fingerprint density at radius 3 is 2.45 bits per heavy atom. The van der Waals surface area contributed by atoms with Crippen LogP contribution in [0.3, 0.4) is 0 Å². The van der Waals surface area contributed by atoms with Crippen molar-refractivity contribution in [2.75, 3.05) is 0 Å². The number of rotatable bonds is 6. The molecule has 0 amide bonds. The van der Waals surface area contributed by atoms with Crippen molar-refractivity contribution < 1.29 is 9.90 Å². The first-order chi connectivity index (χ1) is 18.5. The van der Waals surface area contributed by atoms with Crippen molar-refractivity contribution >= 4 is 16.6 Å². The summed E-state index contributed by atoms with van der Waals surface area (Å²) in [5.74, 6) is 0.959. The molecule has 1 fully saturated rings. The summed E-state index contributed by atoms with van der Waals surface area (Å²) < 4.78 is 2.04. The molecular formula is C35H33NO2. The SMILES string of the molecule is CC1CCCC(C(=O)c2cccc3cn(-c4ccc(O)cc4)cc23)(c2ccccc2Cc2ccccc2)C1. The van der Waals surface area contributed by atoms with Gasteiger partial charge in [-0.05, 0) is 66.1 Å². The summed E-state index contributed by atoms with van der Waals surface area (Å²) in [7, 11) is 0. The molecule has 1 aromatic heterocycles. The van der Waals surface area contributed by atoms with Crippen LogP contribution in [-0.4, -0.2) is 15.5 Å². The van der Waals surface area contributed by atoms with Gasteiger partial charge in [-0.15, -0.1) is 0 Å². The van der Waals surface area contributed by atoms with Gasteiger partial charge >= 0.3 is 0 Å². The Labute approximate surface area is 224 Å². The predicted molar refractivity (Wildman–Crippen MR) is 154 cm³/mol. The van der Waals surface area contributed by atoms with Crippen molar-refractivity contribution in [2.45, 2.75) is 44.4 Å². The smallest absolute Gasteiger partial charge is 0.174 e. The normalized spacial score (nSPS) is 19.4. The Kier molecular flexibility index (Phi) is 6.37. The van der Waals surface area contributed by atoms with Crippen LogP contribution in [0.4, 0.5) is 0 Å². The molecule has 1 aliphatic rings. The van der Waals surface area contributed by atoms with Crippen LogP contribution in [0.2, 0.25) is 0 Å². The third kappa shape index (κ3) is 4.43. The second kappa shape index (κ2) is 9.98. The van der Waals surface area contributed by atoms with E-state index in [9.17, 15) is 9.90 Å². The van der Waals surface area contributed by atoms with E-state index in [-0.39, 0.29) is 11.5 Å². The number of fused-ring (bicyclic) bond motifs is 1. The van der Waals surface area contributed by atoms with Gasteiger partial charge in [0.15, 0.2) is 5.78 Å². The van der Waals surface area contributed by atoms with Crippen molar-refractivity contribution in [1.82, 2.24) is 4.57 Å². The number of hydrogen-bond acceptors (Lipinski definition) is 2. The number of benzene rings is 4. The Morgan fingerprint density at radius 1 is 0.895 bits per heavy atom. The van der Waals surface area contributed by atoms with Crippen molar-refractivity contribution in [3.8, 4) is 11.4 Å². The molecule has 0 radical (unpaired) electrons. The highest BCUT2D eigenvalue weighted by Gasteiger charge is 2.45. The Morgan fingerprint density at radius 2 is 1.66 bits per heavy atom. The van der Waals surface area contributed by atoms with Crippen LogP contribution < -0.4 is 0 Å². The second-order valence-electron chi connectivity index (χ2n) is 10.9. The molecule has 1 heterocycles. The van der Waals surface area contributed by atoms with E-state index in [1.165, 1.54) is 16.7 Å². The molecule has 0 spiro atoms. The zero-order chi connectivity index (χ0) is 26.1. The summed E-state index contributed by atoms with van der Waals surface area (Å²) in [6, 6.07) is 32.4. The third-order valence-electron chi connectivity index (χ3n) is 8.28. The molecule has 2 atom stereocenters. The summed E-state index contributed by atoms with van der Waals surface area (Å²) in [4.78, 5) is 14.8. The summed E-state index contributed by atoms with van der Waals surface area (Å²) in [5.41, 5.74) is 4.90.